The van der Waals surface area contributed by atoms with E-state index < -0.39 is 0 Å². The largest absolute Gasteiger partial charge is 0.456 e. The number of likely N-dealkylation sites (tertiary alicyclic amines) is 1. The first-order valence-electron chi connectivity index (χ1n) is 7.18. The molecule has 3 nitrogen and oxygen atoms in total. The maximum atomic E-state index is 6.06. The van der Waals surface area contributed by atoms with Gasteiger partial charge in [-0.25, -0.2) is 0 Å². The highest BCUT2D eigenvalue weighted by Crippen LogP contribution is 2.31. The van der Waals surface area contributed by atoms with Crippen molar-refractivity contribution in [2.75, 3.05) is 13.1 Å². The minimum absolute atomic E-state index is 0.324. The van der Waals surface area contributed by atoms with Crippen molar-refractivity contribution in [3.05, 3.63) is 48.0 Å². The number of furan rings is 1. The van der Waals surface area contributed by atoms with Crippen LogP contribution >= 0.6 is 0 Å². The number of para-hydroxylation sites is 2. The molecule has 0 saturated carbocycles. The number of hydrogen-bond acceptors (Lipinski definition) is 3. The number of benzene rings is 2. The average Bonchev–Trinajstić information content (AvgIpc) is 3.03. The van der Waals surface area contributed by atoms with Gasteiger partial charge in [-0.2, -0.15) is 0 Å². The molecule has 0 unspecified atom stereocenters. The molecular weight excluding hydrogens is 248 g/mol. The third kappa shape index (κ3) is 1.90. The lowest BCUT2D eigenvalue weighted by atomic mass is 10.1. The third-order valence-corrected chi connectivity index (χ3v) is 4.19. The molecule has 1 fully saturated rings. The molecule has 4 rings (SSSR count). The van der Waals surface area contributed by atoms with Gasteiger partial charge in [0.1, 0.15) is 11.2 Å². The first kappa shape index (κ1) is 11.9. The van der Waals surface area contributed by atoms with Crippen molar-refractivity contribution in [1.29, 1.82) is 0 Å². The fourth-order valence-electron chi connectivity index (χ4n) is 3.18. The molecule has 0 amide bonds. The Hall–Kier alpha value is -1.84. The van der Waals surface area contributed by atoms with Crippen LogP contribution in [0.4, 0.5) is 0 Å². The van der Waals surface area contributed by atoms with Crippen molar-refractivity contribution < 1.29 is 4.42 Å². The maximum absolute atomic E-state index is 6.06. The van der Waals surface area contributed by atoms with Crippen LogP contribution in [-0.2, 0) is 6.54 Å². The summed E-state index contributed by atoms with van der Waals surface area (Å²) in [5.74, 6) is 0. The highest BCUT2D eigenvalue weighted by atomic mass is 16.3. The van der Waals surface area contributed by atoms with E-state index in [0.717, 1.165) is 37.2 Å². The summed E-state index contributed by atoms with van der Waals surface area (Å²) >= 11 is 0. The van der Waals surface area contributed by atoms with E-state index in [2.05, 4.69) is 35.2 Å². The number of nitrogens with zero attached hydrogens (tertiary/aromatic N) is 1. The lowest BCUT2D eigenvalue weighted by molar-refractivity contribution is 0.327. The zero-order valence-electron chi connectivity index (χ0n) is 11.4. The summed E-state index contributed by atoms with van der Waals surface area (Å²) in [6.07, 6.45) is 1.09. The standard InChI is InChI=1S/C17H18N2O/c18-13-8-9-19(11-13)10-12-4-3-6-15-14-5-1-2-7-16(14)20-17(12)15/h1-7,13H,8-11,18H2/t13-/m0/s1. The van der Waals surface area contributed by atoms with Gasteiger partial charge in [0.25, 0.3) is 0 Å². The summed E-state index contributed by atoms with van der Waals surface area (Å²) in [4.78, 5) is 2.41. The van der Waals surface area contributed by atoms with Gasteiger partial charge in [0.05, 0.1) is 0 Å². The van der Waals surface area contributed by atoms with Crippen molar-refractivity contribution in [3.8, 4) is 0 Å². The second-order valence-electron chi connectivity index (χ2n) is 5.68. The van der Waals surface area contributed by atoms with E-state index in [1.807, 2.05) is 12.1 Å². The van der Waals surface area contributed by atoms with Crippen LogP contribution in [0, 0.1) is 0 Å². The van der Waals surface area contributed by atoms with Crippen LogP contribution in [0.2, 0.25) is 0 Å². The quantitative estimate of drug-likeness (QED) is 0.775. The normalized spacial score (nSPS) is 20.1. The Morgan fingerprint density at radius 2 is 1.95 bits per heavy atom. The van der Waals surface area contributed by atoms with Crippen LogP contribution in [0.25, 0.3) is 21.9 Å². The lowest BCUT2D eigenvalue weighted by Gasteiger charge is -2.15. The van der Waals surface area contributed by atoms with Crippen molar-refractivity contribution in [1.82, 2.24) is 4.90 Å². The zero-order valence-corrected chi connectivity index (χ0v) is 11.4. The first-order valence-corrected chi connectivity index (χ1v) is 7.18. The molecule has 1 atom stereocenters. The molecule has 0 aliphatic carbocycles. The van der Waals surface area contributed by atoms with E-state index in [0.29, 0.717) is 6.04 Å². The molecular formula is C17H18N2O. The molecule has 3 heteroatoms. The number of fused-ring (bicyclic) bond motifs is 3. The number of rotatable bonds is 2. The van der Waals surface area contributed by atoms with Crippen LogP contribution in [0.3, 0.4) is 0 Å². The maximum Gasteiger partial charge on any atom is 0.139 e. The Kier molecular flexibility index (Phi) is 2.76. The molecule has 20 heavy (non-hydrogen) atoms. The van der Waals surface area contributed by atoms with Crippen LogP contribution in [-0.4, -0.2) is 24.0 Å². The van der Waals surface area contributed by atoms with Crippen LogP contribution < -0.4 is 5.73 Å². The summed E-state index contributed by atoms with van der Waals surface area (Å²) in [6, 6.07) is 15.0. The van der Waals surface area contributed by atoms with Gasteiger partial charge in [-0.15, -0.1) is 0 Å². The van der Waals surface area contributed by atoms with E-state index in [-0.39, 0.29) is 0 Å². The van der Waals surface area contributed by atoms with Crippen LogP contribution in [0.5, 0.6) is 0 Å². The summed E-state index contributed by atoms with van der Waals surface area (Å²) in [6.45, 7) is 2.99. The predicted molar refractivity (Wildman–Crippen MR) is 81.6 cm³/mol. The average molecular weight is 266 g/mol. The van der Waals surface area contributed by atoms with E-state index >= 15 is 0 Å². The molecule has 0 spiro atoms. The van der Waals surface area contributed by atoms with Crippen LogP contribution in [0.1, 0.15) is 12.0 Å². The van der Waals surface area contributed by atoms with Gasteiger partial charge < -0.3 is 10.2 Å². The van der Waals surface area contributed by atoms with Crippen molar-refractivity contribution in [2.24, 2.45) is 5.73 Å². The molecule has 1 aliphatic heterocycles. The summed E-state index contributed by atoms with van der Waals surface area (Å²) in [5, 5.41) is 2.41. The Morgan fingerprint density at radius 3 is 2.80 bits per heavy atom. The minimum atomic E-state index is 0.324. The molecule has 1 aliphatic rings. The zero-order chi connectivity index (χ0) is 13.5. The molecule has 2 N–H and O–H groups in total. The van der Waals surface area contributed by atoms with Gasteiger partial charge in [0, 0.05) is 42.0 Å². The predicted octanol–water partition coefficient (Wildman–Crippen LogP) is 3.12. The SMILES string of the molecule is N[C@H]1CCN(Cc2cccc3c2oc2ccccc23)C1. The molecule has 1 aromatic heterocycles. The minimum Gasteiger partial charge on any atom is -0.456 e. The lowest BCUT2D eigenvalue weighted by Crippen LogP contribution is -2.26. The van der Waals surface area contributed by atoms with Gasteiger partial charge in [0.15, 0.2) is 0 Å². The fraction of sp³-hybridized carbons (Fsp3) is 0.294. The summed E-state index contributed by atoms with van der Waals surface area (Å²) in [7, 11) is 0. The molecule has 2 heterocycles. The molecule has 3 aromatic rings. The highest BCUT2D eigenvalue weighted by Gasteiger charge is 2.20. The summed E-state index contributed by atoms with van der Waals surface area (Å²) < 4.78 is 6.06. The monoisotopic (exact) mass is 266 g/mol. The molecule has 102 valence electrons. The summed E-state index contributed by atoms with van der Waals surface area (Å²) in [5.41, 5.74) is 9.23. The Labute approximate surface area is 118 Å². The topological polar surface area (TPSA) is 42.4 Å². The number of hydrogen-bond donors (Lipinski definition) is 1. The van der Waals surface area contributed by atoms with E-state index in [1.165, 1.54) is 16.3 Å². The van der Waals surface area contributed by atoms with Gasteiger partial charge in [-0.3, -0.25) is 4.90 Å². The molecule has 1 saturated heterocycles. The molecule has 2 aromatic carbocycles. The smallest absolute Gasteiger partial charge is 0.139 e. The van der Waals surface area contributed by atoms with Crippen molar-refractivity contribution in [2.45, 2.75) is 19.0 Å². The third-order valence-electron chi connectivity index (χ3n) is 4.19. The Balaban J connectivity index is 1.79. The molecule has 0 radical (unpaired) electrons. The van der Waals surface area contributed by atoms with Gasteiger partial charge >= 0.3 is 0 Å². The second kappa shape index (κ2) is 4.62. The van der Waals surface area contributed by atoms with Crippen molar-refractivity contribution >= 4 is 21.9 Å². The van der Waals surface area contributed by atoms with Crippen molar-refractivity contribution in [3.63, 3.8) is 0 Å². The first-order chi connectivity index (χ1) is 9.81. The van der Waals surface area contributed by atoms with Gasteiger partial charge in [0.2, 0.25) is 0 Å². The second-order valence-corrected chi connectivity index (χ2v) is 5.68. The van der Waals surface area contributed by atoms with E-state index in [9.17, 15) is 0 Å². The van der Waals surface area contributed by atoms with Crippen LogP contribution in [0.15, 0.2) is 46.9 Å². The molecule has 0 bridgehead atoms. The van der Waals surface area contributed by atoms with E-state index in [4.69, 9.17) is 10.2 Å². The van der Waals surface area contributed by atoms with Gasteiger partial charge in [-0.1, -0.05) is 36.4 Å². The fourth-order valence-corrected chi connectivity index (χ4v) is 3.18. The van der Waals surface area contributed by atoms with Gasteiger partial charge in [-0.05, 0) is 12.5 Å². The number of nitrogens with two attached hydrogens (primary N) is 1. The van der Waals surface area contributed by atoms with E-state index in [1.54, 1.807) is 0 Å². The Morgan fingerprint density at radius 1 is 1.10 bits per heavy atom. The Bertz CT molecular complexity index is 762. The highest BCUT2D eigenvalue weighted by molar-refractivity contribution is 6.05.